The highest BCUT2D eigenvalue weighted by molar-refractivity contribution is 8.15. The fourth-order valence-corrected chi connectivity index (χ4v) is 3.33. The van der Waals surface area contributed by atoms with Crippen molar-refractivity contribution in [3.63, 3.8) is 0 Å². The number of amidine groups is 1. The molecule has 2 amide bonds. The number of carbonyl (C=O) groups is 2. The Labute approximate surface area is 100 Å². The summed E-state index contributed by atoms with van der Waals surface area (Å²) in [6.45, 7) is -0.0240. The van der Waals surface area contributed by atoms with Crippen molar-refractivity contribution >= 4 is 48.5 Å². The number of amides is 2. The Morgan fingerprint density at radius 2 is 2.12 bits per heavy atom. The van der Waals surface area contributed by atoms with Gasteiger partial charge in [-0.2, -0.15) is 4.99 Å². The molecule has 2 rings (SSSR count). The minimum absolute atomic E-state index is 0.0240. The normalized spacial score (nSPS) is 26.4. The van der Waals surface area contributed by atoms with Crippen LogP contribution in [-0.4, -0.2) is 47.8 Å². The summed E-state index contributed by atoms with van der Waals surface area (Å²) in [6, 6.07) is 0. The lowest BCUT2D eigenvalue weighted by Crippen LogP contribution is -2.30. The van der Waals surface area contributed by atoms with Crippen molar-refractivity contribution in [1.82, 2.24) is 4.90 Å². The Hall–Kier alpha value is -0.600. The van der Waals surface area contributed by atoms with E-state index < -0.39 is 14.3 Å². The van der Waals surface area contributed by atoms with Gasteiger partial charge in [0.15, 0.2) is 5.17 Å². The maximum atomic E-state index is 11.5. The highest BCUT2D eigenvalue weighted by atomic mass is 35.7. The Morgan fingerprint density at radius 1 is 1.44 bits per heavy atom. The van der Waals surface area contributed by atoms with Crippen LogP contribution in [0.1, 0.15) is 6.42 Å². The molecule has 1 unspecified atom stereocenters. The predicted octanol–water partition coefficient (Wildman–Crippen LogP) is -0.215. The lowest BCUT2D eigenvalue weighted by molar-refractivity contribution is -0.124. The average molecular weight is 283 g/mol. The molecule has 6 nitrogen and oxygen atoms in total. The summed E-state index contributed by atoms with van der Waals surface area (Å²) in [5.41, 5.74) is 0. The van der Waals surface area contributed by atoms with Crippen molar-refractivity contribution < 1.29 is 18.0 Å². The van der Waals surface area contributed by atoms with Gasteiger partial charge in [-0.25, -0.2) is 8.42 Å². The van der Waals surface area contributed by atoms with E-state index in [0.717, 1.165) is 11.8 Å². The van der Waals surface area contributed by atoms with Gasteiger partial charge in [0.2, 0.25) is 15.0 Å². The quantitative estimate of drug-likeness (QED) is 0.621. The molecule has 16 heavy (non-hydrogen) atoms. The molecule has 2 heterocycles. The van der Waals surface area contributed by atoms with E-state index in [9.17, 15) is 18.0 Å². The van der Waals surface area contributed by atoms with Crippen molar-refractivity contribution in [2.75, 3.05) is 12.3 Å². The average Bonchev–Trinajstić information content (AvgIpc) is 2.70. The molecule has 2 aliphatic rings. The number of thioether (sulfide) groups is 1. The predicted molar refractivity (Wildman–Crippen MR) is 59.8 cm³/mol. The van der Waals surface area contributed by atoms with Gasteiger partial charge in [-0.3, -0.25) is 14.5 Å². The summed E-state index contributed by atoms with van der Waals surface area (Å²) in [7, 11) is 1.43. The first kappa shape index (κ1) is 11.9. The zero-order chi connectivity index (χ0) is 11.9. The molecule has 0 aromatic rings. The standard InChI is InChI=1S/C7H7ClN2O4S2/c8-16(13,14)4-1-6(12)10(2-4)7-9-5(11)3-15-7/h4H,1-3H2. The molecule has 0 aromatic carbocycles. The van der Waals surface area contributed by atoms with Crippen LogP contribution in [0.25, 0.3) is 0 Å². The zero-order valence-corrected chi connectivity index (χ0v) is 10.3. The molecular weight excluding hydrogens is 276 g/mol. The first-order chi connectivity index (χ1) is 7.38. The summed E-state index contributed by atoms with van der Waals surface area (Å²) in [5.74, 6) is -0.489. The second kappa shape index (κ2) is 4.01. The monoisotopic (exact) mass is 282 g/mol. The number of rotatable bonds is 1. The van der Waals surface area contributed by atoms with Gasteiger partial charge in [0.1, 0.15) is 5.25 Å². The van der Waals surface area contributed by atoms with Gasteiger partial charge in [0.05, 0.1) is 5.75 Å². The summed E-state index contributed by atoms with van der Waals surface area (Å²) < 4.78 is 22.2. The molecule has 0 radical (unpaired) electrons. The Balaban J connectivity index is 2.18. The molecule has 0 N–H and O–H groups in total. The molecule has 1 atom stereocenters. The number of halogens is 1. The summed E-state index contributed by atoms with van der Waals surface area (Å²) in [4.78, 5) is 27.3. The van der Waals surface area contributed by atoms with Gasteiger partial charge < -0.3 is 0 Å². The van der Waals surface area contributed by atoms with E-state index >= 15 is 0 Å². The fraction of sp³-hybridized carbons (Fsp3) is 0.571. The van der Waals surface area contributed by atoms with E-state index in [1.165, 1.54) is 4.90 Å². The van der Waals surface area contributed by atoms with Gasteiger partial charge in [-0.1, -0.05) is 11.8 Å². The van der Waals surface area contributed by atoms with Gasteiger partial charge >= 0.3 is 0 Å². The molecule has 9 heteroatoms. The van der Waals surface area contributed by atoms with Crippen LogP contribution in [-0.2, 0) is 18.6 Å². The minimum atomic E-state index is -3.75. The van der Waals surface area contributed by atoms with Gasteiger partial charge in [-0.05, 0) is 0 Å². The molecule has 0 aliphatic carbocycles. The van der Waals surface area contributed by atoms with E-state index in [1.54, 1.807) is 0 Å². The van der Waals surface area contributed by atoms with Crippen LogP contribution in [0.15, 0.2) is 4.99 Å². The number of hydrogen-bond acceptors (Lipinski definition) is 5. The van der Waals surface area contributed by atoms with Crippen molar-refractivity contribution in [2.24, 2.45) is 4.99 Å². The zero-order valence-electron chi connectivity index (χ0n) is 7.92. The molecule has 0 saturated carbocycles. The van der Waals surface area contributed by atoms with Crippen molar-refractivity contribution in [1.29, 1.82) is 0 Å². The third-order valence-electron chi connectivity index (χ3n) is 2.26. The molecule has 88 valence electrons. The van der Waals surface area contributed by atoms with Crippen LogP contribution in [0.3, 0.4) is 0 Å². The molecule has 0 bridgehead atoms. The van der Waals surface area contributed by atoms with Crippen molar-refractivity contribution in [2.45, 2.75) is 11.7 Å². The number of hydrogen-bond donors (Lipinski definition) is 0. The van der Waals surface area contributed by atoms with Crippen molar-refractivity contribution in [3.8, 4) is 0 Å². The van der Waals surface area contributed by atoms with Crippen LogP contribution >= 0.6 is 22.4 Å². The van der Waals surface area contributed by atoms with Gasteiger partial charge in [0.25, 0.3) is 5.91 Å². The fourth-order valence-electron chi connectivity index (χ4n) is 1.48. The van der Waals surface area contributed by atoms with Crippen LogP contribution < -0.4 is 0 Å². The topological polar surface area (TPSA) is 83.9 Å². The third kappa shape index (κ3) is 2.23. The van der Waals surface area contributed by atoms with Crippen molar-refractivity contribution in [3.05, 3.63) is 0 Å². The molecule has 0 spiro atoms. The molecule has 0 aromatic heterocycles. The lowest BCUT2D eigenvalue weighted by Gasteiger charge is -2.13. The number of aliphatic imine (C=N–C) groups is 1. The molecular formula is C7H7ClN2O4S2. The molecule has 1 fully saturated rings. The molecule has 1 saturated heterocycles. The Morgan fingerprint density at radius 3 is 2.56 bits per heavy atom. The van der Waals surface area contributed by atoms with Gasteiger partial charge in [0, 0.05) is 23.6 Å². The van der Waals surface area contributed by atoms with Crippen LogP contribution in [0.5, 0.6) is 0 Å². The van der Waals surface area contributed by atoms with Crippen LogP contribution in [0.4, 0.5) is 0 Å². The SMILES string of the molecule is O=C1CSC(N2CC(S(=O)(=O)Cl)CC2=O)=N1. The largest absolute Gasteiger partial charge is 0.290 e. The van der Waals surface area contributed by atoms with Gasteiger partial charge in [-0.15, -0.1) is 0 Å². The third-order valence-corrected chi connectivity index (χ3v) is 5.09. The maximum Gasteiger partial charge on any atom is 0.258 e. The summed E-state index contributed by atoms with van der Waals surface area (Å²) >= 11 is 1.13. The number of carbonyl (C=O) groups excluding carboxylic acids is 2. The smallest absolute Gasteiger partial charge is 0.258 e. The van der Waals surface area contributed by atoms with E-state index in [0.29, 0.717) is 0 Å². The highest BCUT2D eigenvalue weighted by Crippen LogP contribution is 2.26. The van der Waals surface area contributed by atoms with Crippen LogP contribution in [0.2, 0.25) is 0 Å². The summed E-state index contributed by atoms with van der Waals surface area (Å²) in [5, 5.41) is -0.640. The van der Waals surface area contributed by atoms with E-state index in [4.69, 9.17) is 10.7 Å². The van der Waals surface area contributed by atoms with E-state index in [-0.39, 0.29) is 35.7 Å². The number of nitrogens with zero attached hydrogens (tertiary/aromatic N) is 2. The highest BCUT2D eigenvalue weighted by Gasteiger charge is 2.40. The maximum absolute atomic E-state index is 11.5. The lowest BCUT2D eigenvalue weighted by atomic mass is 10.4. The molecule has 2 aliphatic heterocycles. The minimum Gasteiger partial charge on any atom is -0.290 e. The number of likely N-dealkylation sites (tertiary alicyclic amines) is 1. The Kier molecular flexibility index (Phi) is 2.97. The van der Waals surface area contributed by atoms with E-state index in [1.807, 2.05) is 0 Å². The van der Waals surface area contributed by atoms with E-state index in [2.05, 4.69) is 4.99 Å². The van der Waals surface area contributed by atoms with Crippen LogP contribution in [0, 0.1) is 0 Å². The first-order valence-corrected chi connectivity index (χ1v) is 7.72. The summed E-state index contributed by atoms with van der Waals surface area (Å²) in [6.07, 6.45) is -0.153. The second-order valence-corrected chi connectivity index (χ2v) is 7.23. The Bertz CT molecular complexity index is 487. The second-order valence-electron chi connectivity index (χ2n) is 3.38. The first-order valence-electron chi connectivity index (χ1n) is 4.36.